The smallest absolute Gasteiger partial charge is 0.397 e. The van der Waals surface area contributed by atoms with Crippen molar-refractivity contribution < 1.29 is 22.6 Å². The highest BCUT2D eigenvalue weighted by Gasteiger charge is 2.30. The summed E-state index contributed by atoms with van der Waals surface area (Å²) in [5.74, 6) is 0. The van der Waals surface area contributed by atoms with Gasteiger partial charge in [0.2, 0.25) is 0 Å². The van der Waals surface area contributed by atoms with Crippen LogP contribution in [0.2, 0.25) is 0 Å². The molecule has 20 heavy (non-hydrogen) atoms. The minimum absolute atomic E-state index is 0.0835. The Hall–Kier alpha value is -1.47. The third-order valence-electron chi connectivity index (χ3n) is 2.59. The molecule has 0 heterocycles. The Labute approximate surface area is 116 Å². The molecule has 1 aromatic carbocycles. The first-order valence-electron chi connectivity index (χ1n) is 6.22. The predicted molar refractivity (Wildman–Crippen MR) is 71.7 cm³/mol. The van der Waals surface area contributed by atoms with Gasteiger partial charge in [-0.25, -0.2) is 0 Å². The zero-order valence-electron chi connectivity index (χ0n) is 11.3. The molecule has 1 rings (SSSR count). The van der Waals surface area contributed by atoms with Gasteiger partial charge in [-0.15, -0.1) is 0 Å². The number of halogens is 3. The average Bonchev–Trinajstić information content (AvgIpc) is 2.38. The number of hydrogen-bond donors (Lipinski definition) is 2. The van der Waals surface area contributed by atoms with E-state index in [1.807, 2.05) is 0 Å². The summed E-state index contributed by atoms with van der Waals surface area (Å²) in [6, 6.07) is 3.27. The van der Waals surface area contributed by atoms with Crippen molar-refractivity contribution in [2.45, 2.75) is 12.6 Å². The summed E-state index contributed by atoms with van der Waals surface area (Å²) < 4.78 is 47.4. The number of anilines is 2. The van der Waals surface area contributed by atoms with Crippen LogP contribution in [0.4, 0.5) is 24.5 Å². The van der Waals surface area contributed by atoms with E-state index in [2.05, 4.69) is 5.32 Å². The van der Waals surface area contributed by atoms with Crippen molar-refractivity contribution in [1.82, 2.24) is 0 Å². The number of nitrogen functional groups attached to an aromatic ring is 1. The van der Waals surface area contributed by atoms with Crippen LogP contribution in [-0.4, -0.2) is 33.5 Å². The molecule has 114 valence electrons. The number of alkyl halides is 3. The van der Waals surface area contributed by atoms with Gasteiger partial charge in [0.25, 0.3) is 0 Å². The van der Waals surface area contributed by atoms with Gasteiger partial charge in [-0.05, 0) is 24.6 Å². The van der Waals surface area contributed by atoms with E-state index >= 15 is 0 Å². The summed E-state index contributed by atoms with van der Waals surface area (Å²) >= 11 is 0. The quantitative estimate of drug-likeness (QED) is 0.571. The van der Waals surface area contributed by atoms with Gasteiger partial charge >= 0.3 is 6.18 Å². The number of nitrogens with one attached hydrogen (secondary N) is 1. The van der Waals surface area contributed by atoms with Crippen molar-refractivity contribution in [1.29, 1.82) is 0 Å². The van der Waals surface area contributed by atoms with Crippen LogP contribution in [0.15, 0.2) is 18.2 Å². The van der Waals surface area contributed by atoms with Crippen LogP contribution in [0, 0.1) is 0 Å². The van der Waals surface area contributed by atoms with E-state index in [0.29, 0.717) is 32.1 Å². The summed E-state index contributed by atoms with van der Waals surface area (Å²) in [6.45, 7) is 2.19. The van der Waals surface area contributed by atoms with Crippen molar-refractivity contribution >= 4 is 11.4 Å². The number of methoxy groups -OCH3 is 1. The Kier molecular flexibility index (Phi) is 6.60. The molecule has 0 atom stereocenters. The van der Waals surface area contributed by atoms with Gasteiger partial charge in [-0.1, -0.05) is 0 Å². The molecule has 0 saturated carbocycles. The normalized spacial score (nSPS) is 11.6. The molecule has 0 amide bonds. The van der Waals surface area contributed by atoms with Crippen LogP contribution >= 0.6 is 0 Å². The molecule has 3 N–H and O–H groups in total. The third-order valence-corrected chi connectivity index (χ3v) is 2.59. The molecular weight excluding hydrogens is 273 g/mol. The lowest BCUT2D eigenvalue weighted by Gasteiger charge is -2.12. The zero-order chi connectivity index (χ0) is 15.0. The Morgan fingerprint density at radius 1 is 1.20 bits per heavy atom. The Bertz CT molecular complexity index is 411. The van der Waals surface area contributed by atoms with Crippen molar-refractivity contribution in [2.24, 2.45) is 0 Å². The highest BCUT2D eigenvalue weighted by atomic mass is 19.4. The molecule has 7 heteroatoms. The predicted octanol–water partition coefficient (Wildman–Crippen LogP) is 2.75. The van der Waals surface area contributed by atoms with E-state index in [1.165, 1.54) is 6.07 Å². The maximum absolute atomic E-state index is 12.5. The number of rotatable bonds is 8. The molecular formula is C13H19F3N2O2. The van der Waals surface area contributed by atoms with E-state index in [-0.39, 0.29) is 5.69 Å². The first-order valence-corrected chi connectivity index (χ1v) is 6.22. The van der Waals surface area contributed by atoms with Crippen LogP contribution in [-0.2, 0) is 15.7 Å². The number of hydrogen-bond acceptors (Lipinski definition) is 4. The second-order valence-corrected chi connectivity index (χ2v) is 4.19. The lowest BCUT2D eigenvalue weighted by molar-refractivity contribution is -0.137. The summed E-state index contributed by atoms with van der Waals surface area (Å²) in [4.78, 5) is 0. The average molecular weight is 292 g/mol. The van der Waals surface area contributed by atoms with Crippen LogP contribution < -0.4 is 11.1 Å². The Morgan fingerprint density at radius 2 is 1.95 bits per heavy atom. The summed E-state index contributed by atoms with van der Waals surface area (Å²) in [5, 5.41) is 2.98. The minimum Gasteiger partial charge on any atom is -0.397 e. The molecule has 4 nitrogen and oxygen atoms in total. The molecule has 0 aliphatic heterocycles. The molecule has 0 aromatic heterocycles. The molecule has 0 bridgehead atoms. The van der Waals surface area contributed by atoms with Crippen molar-refractivity contribution in [3.8, 4) is 0 Å². The summed E-state index contributed by atoms with van der Waals surface area (Å²) in [6.07, 6.45) is -3.65. The van der Waals surface area contributed by atoms with Crippen molar-refractivity contribution in [2.75, 3.05) is 44.5 Å². The van der Waals surface area contributed by atoms with Gasteiger partial charge in [0.15, 0.2) is 0 Å². The standard InChI is InChI=1S/C13H19F3N2O2/c1-19-7-8-20-6-2-5-18-12-4-3-10(9-11(12)17)13(14,15)16/h3-4,9,18H,2,5-8,17H2,1H3. The SMILES string of the molecule is COCCOCCCNc1ccc(C(F)(F)F)cc1N. The van der Waals surface area contributed by atoms with Crippen molar-refractivity contribution in [3.63, 3.8) is 0 Å². The monoisotopic (exact) mass is 292 g/mol. The Morgan fingerprint density at radius 3 is 2.55 bits per heavy atom. The molecule has 0 radical (unpaired) electrons. The highest BCUT2D eigenvalue weighted by molar-refractivity contribution is 5.67. The van der Waals surface area contributed by atoms with E-state index in [1.54, 1.807) is 7.11 Å². The topological polar surface area (TPSA) is 56.5 Å². The minimum atomic E-state index is -4.37. The van der Waals surface area contributed by atoms with E-state index in [0.717, 1.165) is 18.6 Å². The fourth-order valence-corrected chi connectivity index (χ4v) is 1.54. The van der Waals surface area contributed by atoms with E-state index < -0.39 is 11.7 Å². The number of ether oxygens (including phenoxy) is 2. The zero-order valence-corrected chi connectivity index (χ0v) is 11.3. The fourth-order valence-electron chi connectivity index (χ4n) is 1.54. The number of nitrogens with two attached hydrogens (primary N) is 1. The third kappa shape index (κ3) is 5.66. The summed E-state index contributed by atoms with van der Waals surface area (Å²) in [5.41, 5.74) is 5.42. The van der Waals surface area contributed by atoms with Crippen LogP contribution in [0.1, 0.15) is 12.0 Å². The molecule has 0 aliphatic carbocycles. The largest absolute Gasteiger partial charge is 0.416 e. The molecule has 0 fully saturated rings. The van der Waals surface area contributed by atoms with Crippen LogP contribution in [0.25, 0.3) is 0 Å². The second-order valence-electron chi connectivity index (χ2n) is 4.19. The molecule has 0 aliphatic rings. The van der Waals surface area contributed by atoms with Crippen LogP contribution in [0.5, 0.6) is 0 Å². The maximum Gasteiger partial charge on any atom is 0.416 e. The first kappa shape index (κ1) is 16.6. The Balaban J connectivity index is 2.34. The van der Waals surface area contributed by atoms with Gasteiger partial charge in [-0.2, -0.15) is 13.2 Å². The van der Waals surface area contributed by atoms with E-state index in [4.69, 9.17) is 15.2 Å². The molecule has 0 spiro atoms. The maximum atomic E-state index is 12.5. The van der Waals surface area contributed by atoms with Crippen molar-refractivity contribution in [3.05, 3.63) is 23.8 Å². The molecule has 0 saturated heterocycles. The second kappa shape index (κ2) is 7.96. The lowest BCUT2D eigenvalue weighted by atomic mass is 10.1. The van der Waals surface area contributed by atoms with E-state index in [9.17, 15) is 13.2 Å². The van der Waals surface area contributed by atoms with Gasteiger partial charge in [0, 0.05) is 20.3 Å². The lowest BCUT2D eigenvalue weighted by Crippen LogP contribution is -2.10. The summed E-state index contributed by atoms with van der Waals surface area (Å²) in [7, 11) is 1.60. The van der Waals surface area contributed by atoms with Gasteiger partial charge in [0.05, 0.1) is 30.2 Å². The van der Waals surface area contributed by atoms with Crippen LogP contribution in [0.3, 0.4) is 0 Å². The fraction of sp³-hybridized carbons (Fsp3) is 0.538. The van der Waals surface area contributed by atoms with Gasteiger partial charge in [-0.3, -0.25) is 0 Å². The highest BCUT2D eigenvalue weighted by Crippen LogP contribution is 2.32. The molecule has 1 aromatic rings. The molecule has 0 unspecified atom stereocenters. The first-order chi connectivity index (χ1) is 9.45. The van der Waals surface area contributed by atoms with Gasteiger partial charge < -0.3 is 20.5 Å². The number of benzene rings is 1. The van der Waals surface area contributed by atoms with Gasteiger partial charge in [0.1, 0.15) is 0 Å².